The third kappa shape index (κ3) is 3.12. The number of aliphatic hydroxyl groups is 9. The molecule has 1 fully saturated rings. The van der Waals surface area contributed by atoms with E-state index in [-0.39, 0.29) is 21.5 Å². The molecular formula is C19H21ClN4O9. The number of rotatable bonds is 4. The van der Waals surface area contributed by atoms with Crippen LogP contribution in [0.1, 0.15) is 11.4 Å². The van der Waals surface area contributed by atoms with Crippen LogP contribution in [0.4, 0.5) is 0 Å². The number of imidazole rings is 1. The first kappa shape index (κ1) is 23.9. The number of nitrogens with zero attached hydrogens (tertiary/aromatic N) is 3. The third-order valence-electron chi connectivity index (χ3n) is 5.73. The minimum Gasteiger partial charge on any atom is -0.358 e. The number of halogens is 1. The van der Waals surface area contributed by atoms with E-state index in [1.807, 2.05) is 0 Å². The van der Waals surface area contributed by atoms with Crippen LogP contribution in [0, 0.1) is 0 Å². The number of nitrogens with two attached hydrogens (primary N) is 1. The van der Waals surface area contributed by atoms with Gasteiger partial charge in [0.25, 0.3) is 23.4 Å². The van der Waals surface area contributed by atoms with Crippen LogP contribution in [-0.2, 0) is 12.5 Å². The number of benzene rings is 2. The normalized spacial score (nSPS) is 24.5. The summed E-state index contributed by atoms with van der Waals surface area (Å²) in [7, 11) is 0. The molecule has 178 valence electrons. The number of fused-ring (bicyclic) bond motifs is 1. The highest BCUT2D eigenvalue weighted by Crippen LogP contribution is 2.47. The molecule has 1 aliphatic heterocycles. The van der Waals surface area contributed by atoms with E-state index in [2.05, 4.69) is 4.98 Å². The Balaban J connectivity index is 1.91. The molecule has 1 unspecified atom stereocenters. The molecule has 3 aromatic rings. The van der Waals surface area contributed by atoms with Crippen LogP contribution in [0.3, 0.4) is 0 Å². The van der Waals surface area contributed by atoms with Crippen molar-refractivity contribution in [3.8, 4) is 0 Å². The predicted octanol–water partition coefficient (Wildman–Crippen LogP) is -3.25. The maximum absolute atomic E-state index is 11.1. The SMILES string of the molecule is NC1(O)N(Cc2nc3ccccc3n2C(O)(O)c2ccc(Cl)cc2)C(O)(O)C(O)(O)C1(O)O. The van der Waals surface area contributed by atoms with Crippen molar-refractivity contribution in [3.63, 3.8) is 0 Å². The molecule has 0 saturated carbocycles. The summed E-state index contributed by atoms with van der Waals surface area (Å²) in [5, 5.41) is 93.3. The molecule has 0 bridgehead atoms. The van der Waals surface area contributed by atoms with Crippen LogP contribution in [0.2, 0.25) is 5.02 Å². The van der Waals surface area contributed by atoms with Crippen LogP contribution in [0.25, 0.3) is 11.0 Å². The lowest BCUT2D eigenvalue weighted by Gasteiger charge is -2.36. The number of hydrogen-bond acceptors (Lipinski definition) is 12. The van der Waals surface area contributed by atoms with Crippen molar-refractivity contribution in [2.24, 2.45) is 5.73 Å². The summed E-state index contributed by atoms with van der Waals surface area (Å²) in [6.45, 7) is -1.04. The molecule has 4 rings (SSSR count). The fourth-order valence-corrected chi connectivity index (χ4v) is 3.94. The number of likely N-dealkylation sites (tertiary alicyclic amines) is 1. The van der Waals surface area contributed by atoms with Gasteiger partial charge < -0.3 is 46.0 Å². The topological polar surface area (TPSA) is 229 Å². The van der Waals surface area contributed by atoms with Crippen molar-refractivity contribution in [1.82, 2.24) is 14.5 Å². The zero-order valence-corrected chi connectivity index (χ0v) is 17.4. The van der Waals surface area contributed by atoms with Crippen molar-refractivity contribution >= 4 is 22.6 Å². The minimum atomic E-state index is -4.16. The van der Waals surface area contributed by atoms with Gasteiger partial charge in [-0.25, -0.2) is 4.98 Å². The van der Waals surface area contributed by atoms with Gasteiger partial charge in [-0.2, -0.15) is 4.90 Å². The average Bonchev–Trinajstić information content (AvgIpc) is 3.12. The van der Waals surface area contributed by atoms with Gasteiger partial charge in [0.15, 0.2) is 0 Å². The lowest BCUT2D eigenvalue weighted by Crippen LogP contribution is -2.69. The minimum absolute atomic E-state index is 0.0858. The average molecular weight is 485 g/mol. The maximum atomic E-state index is 11.1. The molecule has 1 atom stereocenters. The molecule has 2 heterocycles. The van der Waals surface area contributed by atoms with Crippen molar-refractivity contribution in [2.45, 2.75) is 35.8 Å². The second-order valence-electron chi connectivity index (χ2n) is 7.79. The monoisotopic (exact) mass is 484 g/mol. The maximum Gasteiger partial charge on any atom is 0.296 e. The Bertz CT molecular complexity index is 1180. The molecule has 13 nitrogen and oxygen atoms in total. The van der Waals surface area contributed by atoms with Gasteiger partial charge >= 0.3 is 0 Å². The summed E-state index contributed by atoms with van der Waals surface area (Å²) in [6.07, 6.45) is 0. The highest BCUT2D eigenvalue weighted by Gasteiger charge is 2.82. The highest BCUT2D eigenvalue weighted by atomic mass is 35.5. The molecule has 0 radical (unpaired) electrons. The van der Waals surface area contributed by atoms with Crippen LogP contribution in [0.5, 0.6) is 0 Å². The molecule has 1 saturated heterocycles. The van der Waals surface area contributed by atoms with E-state index in [0.717, 1.165) is 4.57 Å². The molecule has 2 aromatic carbocycles. The summed E-state index contributed by atoms with van der Waals surface area (Å²) in [4.78, 5) is 4.08. The first-order chi connectivity index (χ1) is 15.1. The Labute approximate surface area is 190 Å². The quantitative estimate of drug-likeness (QED) is 0.165. The zero-order valence-electron chi connectivity index (χ0n) is 16.6. The predicted molar refractivity (Wildman–Crippen MR) is 109 cm³/mol. The Morgan fingerprint density at radius 1 is 0.879 bits per heavy atom. The Morgan fingerprint density at radius 2 is 1.45 bits per heavy atom. The summed E-state index contributed by atoms with van der Waals surface area (Å²) in [6, 6.07) is 11.5. The van der Waals surface area contributed by atoms with E-state index in [9.17, 15) is 46.0 Å². The molecule has 0 amide bonds. The fraction of sp³-hybridized carbons (Fsp3) is 0.316. The Morgan fingerprint density at radius 3 is 2.00 bits per heavy atom. The van der Waals surface area contributed by atoms with Gasteiger partial charge in [-0.15, -0.1) is 0 Å². The van der Waals surface area contributed by atoms with Crippen molar-refractivity contribution in [3.05, 3.63) is 64.9 Å². The van der Waals surface area contributed by atoms with Crippen molar-refractivity contribution in [1.29, 1.82) is 0 Å². The molecule has 1 aliphatic rings. The van der Waals surface area contributed by atoms with E-state index in [1.165, 1.54) is 36.4 Å². The largest absolute Gasteiger partial charge is 0.358 e. The van der Waals surface area contributed by atoms with Crippen molar-refractivity contribution in [2.75, 3.05) is 0 Å². The third-order valence-corrected chi connectivity index (χ3v) is 5.98. The van der Waals surface area contributed by atoms with Crippen LogP contribution >= 0.6 is 11.6 Å². The van der Waals surface area contributed by atoms with E-state index in [4.69, 9.17) is 17.3 Å². The molecule has 0 aliphatic carbocycles. The first-order valence-electron chi connectivity index (χ1n) is 9.37. The first-order valence-corrected chi connectivity index (χ1v) is 9.75. The van der Waals surface area contributed by atoms with Gasteiger partial charge in [-0.05, 0) is 24.3 Å². The van der Waals surface area contributed by atoms with Crippen LogP contribution < -0.4 is 5.73 Å². The van der Waals surface area contributed by atoms with Gasteiger partial charge in [0.1, 0.15) is 5.82 Å². The van der Waals surface area contributed by atoms with Crippen molar-refractivity contribution < 1.29 is 46.0 Å². The number of hydrogen-bond donors (Lipinski definition) is 10. The van der Waals surface area contributed by atoms with Gasteiger partial charge in [-0.1, -0.05) is 35.9 Å². The standard InChI is InChI=1S/C19H21ClN4O9/c20-11-7-5-10(6-8-11)15(25,26)24-13-4-2-1-3-12(13)22-14(24)9-23-18(21,31)16(27,28)17(29,30)19(23,32)33/h1-8,25-33H,9,21H2. The second-order valence-corrected chi connectivity index (χ2v) is 8.22. The highest BCUT2D eigenvalue weighted by molar-refractivity contribution is 6.30. The van der Waals surface area contributed by atoms with E-state index in [0.29, 0.717) is 5.02 Å². The van der Waals surface area contributed by atoms with Crippen LogP contribution in [-0.4, -0.2) is 83.7 Å². The fourth-order valence-electron chi connectivity index (χ4n) is 3.81. The summed E-state index contributed by atoms with van der Waals surface area (Å²) < 4.78 is 0.836. The molecule has 14 heteroatoms. The molecule has 1 aromatic heterocycles. The lowest BCUT2D eigenvalue weighted by atomic mass is 10.0. The van der Waals surface area contributed by atoms with Gasteiger partial charge in [0, 0.05) is 10.6 Å². The summed E-state index contributed by atoms with van der Waals surface area (Å²) in [5.74, 6) is -18.9. The summed E-state index contributed by atoms with van der Waals surface area (Å²) in [5.41, 5.74) is 5.68. The Hall–Kier alpha value is -2.24. The van der Waals surface area contributed by atoms with Gasteiger partial charge in [0.2, 0.25) is 5.85 Å². The van der Waals surface area contributed by atoms with E-state index < -0.39 is 41.6 Å². The Kier molecular flexibility index (Phi) is 5.16. The lowest BCUT2D eigenvalue weighted by molar-refractivity contribution is -0.441. The van der Waals surface area contributed by atoms with E-state index >= 15 is 0 Å². The number of para-hydroxylation sites is 2. The molecular weight excluding hydrogens is 464 g/mol. The van der Waals surface area contributed by atoms with Gasteiger partial charge in [-0.3, -0.25) is 10.3 Å². The molecule has 0 spiro atoms. The number of aromatic nitrogens is 2. The van der Waals surface area contributed by atoms with E-state index in [1.54, 1.807) is 12.1 Å². The van der Waals surface area contributed by atoms with Crippen LogP contribution in [0.15, 0.2) is 48.5 Å². The smallest absolute Gasteiger partial charge is 0.296 e. The zero-order chi connectivity index (χ0) is 24.6. The molecule has 11 N–H and O–H groups in total. The second kappa shape index (κ2) is 7.13. The molecule has 33 heavy (non-hydrogen) atoms. The van der Waals surface area contributed by atoms with Gasteiger partial charge in [0.05, 0.1) is 17.6 Å². The summed E-state index contributed by atoms with van der Waals surface area (Å²) >= 11 is 5.86.